The molecule has 0 saturated carbocycles. The van der Waals surface area contributed by atoms with Crippen LogP contribution in [0.2, 0.25) is 0 Å². The molecule has 0 spiro atoms. The molecule has 0 aromatic heterocycles. The van der Waals surface area contributed by atoms with Crippen molar-refractivity contribution in [3.63, 3.8) is 0 Å². The van der Waals surface area contributed by atoms with Gasteiger partial charge in [-0.15, -0.1) is 0 Å². The third-order valence-corrected chi connectivity index (χ3v) is 3.69. The summed E-state index contributed by atoms with van der Waals surface area (Å²) in [5.74, 6) is -0.225. The zero-order valence-electron chi connectivity index (χ0n) is 10.6. The van der Waals surface area contributed by atoms with E-state index in [1.807, 2.05) is 0 Å². The Hall–Kier alpha value is -1.46. The van der Waals surface area contributed by atoms with Gasteiger partial charge in [-0.25, -0.2) is 4.39 Å². The Morgan fingerprint density at radius 1 is 1.32 bits per heavy atom. The summed E-state index contributed by atoms with van der Waals surface area (Å²) in [5, 5.41) is 3.21. The summed E-state index contributed by atoms with van der Waals surface area (Å²) in [6.07, 6.45) is 1.89. The molecule has 3 rings (SSSR count). The van der Waals surface area contributed by atoms with E-state index >= 15 is 0 Å². The van der Waals surface area contributed by atoms with Crippen LogP contribution in [0.25, 0.3) is 0 Å². The van der Waals surface area contributed by atoms with E-state index in [4.69, 9.17) is 4.74 Å². The number of carbonyl (C=O) groups excluding carboxylic acids is 1. The average Bonchev–Trinajstić information content (AvgIpc) is 2.88. The van der Waals surface area contributed by atoms with Crippen LogP contribution in [0.15, 0.2) is 24.3 Å². The van der Waals surface area contributed by atoms with Crippen LogP contribution < -0.4 is 10.2 Å². The van der Waals surface area contributed by atoms with E-state index in [-0.39, 0.29) is 23.8 Å². The first kappa shape index (κ1) is 12.6. The van der Waals surface area contributed by atoms with Crippen molar-refractivity contribution in [3.05, 3.63) is 30.1 Å². The van der Waals surface area contributed by atoms with Crippen molar-refractivity contribution in [2.24, 2.45) is 0 Å². The van der Waals surface area contributed by atoms with Crippen molar-refractivity contribution in [2.45, 2.75) is 24.9 Å². The zero-order valence-corrected chi connectivity index (χ0v) is 10.6. The van der Waals surface area contributed by atoms with Gasteiger partial charge in [-0.3, -0.25) is 4.79 Å². The minimum atomic E-state index is -0.292. The Morgan fingerprint density at radius 3 is 2.58 bits per heavy atom. The van der Waals surface area contributed by atoms with Crippen LogP contribution in [0.5, 0.6) is 0 Å². The van der Waals surface area contributed by atoms with Gasteiger partial charge in [0.1, 0.15) is 5.82 Å². The van der Waals surface area contributed by atoms with Crippen LogP contribution in [0.4, 0.5) is 10.1 Å². The van der Waals surface area contributed by atoms with Gasteiger partial charge in [0.25, 0.3) is 0 Å². The number of hydrogen-bond acceptors (Lipinski definition) is 3. The van der Waals surface area contributed by atoms with Crippen LogP contribution in [-0.2, 0) is 9.53 Å². The van der Waals surface area contributed by atoms with E-state index in [1.165, 1.54) is 12.1 Å². The SMILES string of the molecule is O=C([C@@H]1CCCN1)N(c1ccc(F)cc1)C1COC1. The standard InChI is InChI=1S/C14H17FN2O2/c15-10-3-5-11(6-4-10)17(12-8-19-9-12)14(18)13-2-1-7-16-13/h3-6,12-13,16H,1-2,7-9H2/t13-/m0/s1. The highest BCUT2D eigenvalue weighted by atomic mass is 19.1. The summed E-state index contributed by atoms with van der Waals surface area (Å²) < 4.78 is 18.2. The predicted molar refractivity (Wildman–Crippen MR) is 69.5 cm³/mol. The lowest BCUT2D eigenvalue weighted by Gasteiger charge is -2.38. The average molecular weight is 264 g/mol. The van der Waals surface area contributed by atoms with Crippen LogP contribution in [-0.4, -0.2) is 37.7 Å². The molecule has 0 unspecified atom stereocenters. The summed E-state index contributed by atoms with van der Waals surface area (Å²) in [6.45, 7) is 1.99. The fraction of sp³-hybridized carbons (Fsp3) is 0.500. The number of nitrogens with one attached hydrogen (secondary N) is 1. The first-order chi connectivity index (χ1) is 9.25. The van der Waals surface area contributed by atoms with E-state index in [0.717, 1.165) is 25.1 Å². The Morgan fingerprint density at radius 2 is 2.05 bits per heavy atom. The van der Waals surface area contributed by atoms with Gasteiger partial charge in [0.05, 0.1) is 25.3 Å². The van der Waals surface area contributed by atoms with Crippen molar-refractivity contribution < 1.29 is 13.9 Å². The van der Waals surface area contributed by atoms with Gasteiger partial charge in [-0.2, -0.15) is 0 Å². The van der Waals surface area contributed by atoms with E-state index in [2.05, 4.69) is 5.32 Å². The number of anilines is 1. The minimum absolute atomic E-state index is 0.0670. The number of amides is 1. The molecule has 2 aliphatic rings. The summed E-state index contributed by atoms with van der Waals surface area (Å²) in [7, 11) is 0. The Kier molecular flexibility index (Phi) is 3.48. The molecule has 102 valence electrons. The number of carbonyl (C=O) groups is 1. The van der Waals surface area contributed by atoms with E-state index in [1.54, 1.807) is 17.0 Å². The molecule has 1 aromatic rings. The monoisotopic (exact) mass is 264 g/mol. The topological polar surface area (TPSA) is 41.6 Å². The predicted octanol–water partition coefficient (Wildman–Crippen LogP) is 1.31. The highest BCUT2D eigenvalue weighted by molar-refractivity contribution is 5.98. The Bertz CT molecular complexity index is 453. The van der Waals surface area contributed by atoms with Crippen LogP contribution in [0.3, 0.4) is 0 Å². The van der Waals surface area contributed by atoms with Gasteiger partial charge in [0, 0.05) is 5.69 Å². The second kappa shape index (κ2) is 5.27. The molecule has 0 aliphatic carbocycles. The smallest absolute Gasteiger partial charge is 0.244 e. The van der Waals surface area contributed by atoms with Crippen molar-refractivity contribution in [3.8, 4) is 0 Å². The van der Waals surface area contributed by atoms with Gasteiger partial charge in [0.15, 0.2) is 0 Å². The van der Waals surface area contributed by atoms with Crippen LogP contribution >= 0.6 is 0 Å². The Labute approximate surface area is 111 Å². The highest BCUT2D eigenvalue weighted by Gasteiger charge is 2.35. The normalized spacial score (nSPS) is 23.1. The second-order valence-electron chi connectivity index (χ2n) is 5.02. The number of nitrogens with zero attached hydrogens (tertiary/aromatic N) is 1. The molecule has 1 aromatic carbocycles. The van der Waals surface area contributed by atoms with E-state index in [0.29, 0.717) is 13.2 Å². The number of halogens is 1. The quantitative estimate of drug-likeness (QED) is 0.895. The molecule has 4 nitrogen and oxygen atoms in total. The first-order valence-corrected chi connectivity index (χ1v) is 6.65. The third kappa shape index (κ3) is 2.48. The number of ether oxygens (including phenoxy) is 1. The maximum absolute atomic E-state index is 13.0. The number of rotatable bonds is 3. The lowest BCUT2D eigenvalue weighted by Crippen LogP contribution is -2.56. The summed E-state index contributed by atoms with van der Waals surface area (Å²) >= 11 is 0. The number of benzene rings is 1. The number of hydrogen-bond donors (Lipinski definition) is 1. The third-order valence-electron chi connectivity index (χ3n) is 3.69. The molecule has 1 atom stereocenters. The maximum atomic E-state index is 13.0. The van der Waals surface area contributed by atoms with Crippen LogP contribution in [0, 0.1) is 5.82 Å². The molecule has 2 fully saturated rings. The fourth-order valence-corrected chi connectivity index (χ4v) is 2.56. The molecule has 19 heavy (non-hydrogen) atoms. The lowest BCUT2D eigenvalue weighted by atomic mass is 10.1. The molecule has 2 heterocycles. The van der Waals surface area contributed by atoms with Gasteiger partial charge in [-0.05, 0) is 43.7 Å². The summed E-state index contributed by atoms with van der Waals surface area (Å²) in [4.78, 5) is 14.3. The molecule has 2 saturated heterocycles. The molecular formula is C14H17FN2O2. The molecule has 5 heteroatoms. The molecule has 2 aliphatic heterocycles. The van der Waals surface area contributed by atoms with Crippen molar-refractivity contribution in [1.29, 1.82) is 0 Å². The molecule has 0 bridgehead atoms. The molecule has 0 radical (unpaired) electrons. The maximum Gasteiger partial charge on any atom is 0.244 e. The molecular weight excluding hydrogens is 247 g/mol. The van der Waals surface area contributed by atoms with Crippen molar-refractivity contribution >= 4 is 11.6 Å². The fourth-order valence-electron chi connectivity index (χ4n) is 2.56. The van der Waals surface area contributed by atoms with Gasteiger partial charge in [-0.1, -0.05) is 0 Å². The van der Waals surface area contributed by atoms with Gasteiger partial charge >= 0.3 is 0 Å². The van der Waals surface area contributed by atoms with Crippen molar-refractivity contribution in [2.75, 3.05) is 24.7 Å². The summed E-state index contributed by atoms with van der Waals surface area (Å²) in [5.41, 5.74) is 0.744. The first-order valence-electron chi connectivity index (χ1n) is 6.65. The van der Waals surface area contributed by atoms with Crippen LogP contribution in [0.1, 0.15) is 12.8 Å². The summed E-state index contributed by atoms with van der Waals surface area (Å²) in [6, 6.07) is 6.03. The van der Waals surface area contributed by atoms with Crippen molar-refractivity contribution in [1.82, 2.24) is 5.32 Å². The molecule has 1 N–H and O–H groups in total. The van der Waals surface area contributed by atoms with E-state index < -0.39 is 0 Å². The lowest BCUT2D eigenvalue weighted by molar-refractivity contribution is -0.123. The highest BCUT2D eigenvalue weighted by Crippen LogP contribution is 2.24. The molecule has 1 amide bonds. The minimum Gasteiger partial charge on any atom is -0.377 e. The van der Waals surface area contributed by atoms with Gasteiger partial charge in [0.2, 0.25) is 5.91 Å². The zero-order chi connectivity index (χ0) is 13.2. The van der Waals surface area contributed by atoms with Gasteiger partial charge < -0.3 is 15.0 Å². The second-order valence-corrected chi connectivity index (χ2v) is 5.02. The van der Waals surface area contributed by atoms with E-state index in [9.17, 15) is 9.18 Å². The Balaban J connectivity index is 1.84. The largest absolute Gasteiger partial charge is 0.377 e.